The second-order valence-electron chi connectivity index (χ2n) is 5.57. The summed E-state index contributed by atoms with van der Waals surface area (Å²) in [6.45, 7) is 1.34. The average molecular weight is 349 g/mol. The van der Waals surface area contributed by atoms with Crippen LogP contribution in [0.4, 0.5) is 11.5 Å². The number of carbonyl (C=O) groups excluding carboxylic acids is 1. The number of benzene rings is 1. The summed E-state index contributed by atoms with van der Waals surface area (Å²) in [5.41, 5.74) is 2.35. The van der Waals surface area contributed by atoms with Gasteiger partial charge in [0.05, 0.1) is 18.3 Å². The lowest BCUT2D eigenvalue weighted by Crippen LogP contribution is -2.04. The molecule has 0 atom stereocenters. The number of anilines is 2. The van der Waals surface area contributed by atoms with Crippen molar-refractivity contribution in [3.63, 3.8) is 0 Å². The van der Waals surface area contributed by atoms with Gasteiger partial charge >= 0.3 is 5.97 Å². The average Bonchev–Trinajstić information content (AvgIpc) is 3.09. The normalized spacial score (nSPS) is 10.8. The maximum absolute atomic E-state index is 11.4. The molecule has 0 amide bonds. The Kier molecular flexibility index (Phi) is 3.85. The first-order chi connectivity index (χ1) is 12.6. The number of pyridine rings is 1. The van der Waals surface area contributed by atoms with Gasteiger partial charge < -0.3 is 19.2 Å². The van der Waals surface area contributed by atoms with Crippen molar-refractivity contribution in [2.24, 2.45) is 0 Å². The summed E-state index contributed by atoms with van der Waals surface area (Å²) in [6, 6.07) is 7.21. The van der Waals surface area contributed by atoms with Gasteiger partial charge in [0, 0.05) is 37.0 Å². The molecule has 0 aliphatic rings. The first-order valence-electron chi connectivity index (χ1n) is 7.85. The van der Waals surface area contributed by atoms with E-state index in [9.17, 15) is 4.79 Å². The van der Waals surface area contributed by atoms with E-state index in [4.69, 9.17) is 9.47 Å². The van der Waals surface area contributed by atoms with Gasteiger partial charge in [-0.3, -0.25) is 4.79 Å². The Hall–Kier alpha value is -3.68. The van der Waals surface area contributed by atoms with Crippen molar-refractivity contribution in [2.75, 3.05) is 12.4 Å². The Morgan fingerprint density at radius 2 is 2.04 bits per heavy atom. The van der Waals surface area contributed by atoms with E-state index in [-0.39, 0.29) is 0 Å². The van der Waals surface area contributed by atoms with Gasteiger partial charge in [0.2, 0.25) is 0 Å². The minimum Gasteiger partial charge on any atom is -0.493 e. The molecule has 0 aliphatic carbocycles. The molecular formula is C18H15N5O3. The Labute approximate surface area is 148 Å². The van der Waals surface area contributed by atoms with Gasteiger partial charge in [-0.2, -0.15) is 0 Å². The zero-order valence-corrected chi connectivity index (χ0v) is 14.1. The van der Waals surface area contributed by atoms with E-state index in [1.165, 1.54) is 20.4 Å². The zero-order chi connectivity index (χ0) is 18.1. The van der Waals surface area contributed by atoms with Crippen LogP contribution in [0.5, 0.6) is 11.5 Å². The highest BCUT2D eigenvalue weighted by molar-refractivity contribution is 5.93. The molecule has 8 nitrogen and oxygen atoms in total. The second kappa shape index (κ2) is 6.32. The number of imidazole rings is 1. The highest BCUT2D eigenvalue weighted by Gasteiger charge is 2.13. The molecule has 3 aromatic heterocycles. The monoisotopic (exact) mass is 349 g/mol. The molecule has 0 spiro atoms. The first-order valence-corrected chi connectivity index (χ1v) is 7.85. The van der Waals surface area contributed by atoms with Crippen LogP contribution in [0.2, 0.25) is 0 Å². The maximum Gasteiger partial charge on any atom is 0.308 e. The van der Waals surface area contributed by atoms with Crippen molar-refractivity contribution in [3.8, 4) is 11.5 Å². The van der Waals surface area contributed by atoms with E-state index in [1.807, 2.05) is 28.9 Å². The van der Waals surface area contributed by atoms with Gasteiger partial charge in [0.1, 0.15) is 17.8 Å². The molecule has 0 bridgehead atoms. The zero-order valence-electron chi connectivity index (χ0n) is 14.1. The van der Waals surface area contributed by atoms with E-state index in [1.54, 1.807) is 18.3 Å². The van der Waals surface area contributed by atoms with Crippen molar-refractivity contribution < 1.29 is 14.3 Å². The second-order valence-corrected chi connectivity index (χ2v) is 5.57. The number of aromatic nitrogens is 4. The van der Waals surface area contributed by atoms with Crippen LogP contribution in [0, 0.1) is 0 Å². The van der Waals surface area contributed by atoms with Crippen molar-refractivity contribution in [3.05, 3.63) is 49.2 Å². The molecule has 0 saturated heterocycles. The number of carbonyl (C=O) groups is 1. The van der Waals surface area contributed by atoms with Gasteiger partial charge in [-0.25, -0.2) is 15.0 Å². The highest BCUT2D eigenvalue weighted by atomic mass is 16.6. The quantitative estimate of drug-likeness (QED) is 0.447. The van der Waals surface area contributed by atoms with E-state index in [0.717, 1.165) is 11.3 Å². The number of methoxy groups -OCH3 is 1. The number of nitrogens with one attached hydrogen (secondary N) is 1. The van der Waals surface area contributed by atoms with Gasteiger partial charge in [-0.05, 0) is 18.2 Å². The number of fused-ring (bicyclic) bond motifs is 2. The van der Waals surface area contributed by atoms with Crippen LogP contribution >= 0.6 is 0 Å². The first kappa shape index (κ1) is 15.8. The van der Waals surface area contributed by atoms with E-state index < -0.39 is 5.97 Å². The van der Waals surface area contributed by atoms with Crippen LogP contribution < -0.4 is 14.8 Å². The van der Waals surface area contributed by atoms with E-state index in [2.05, 4.69) is 20.3 Å². The minimum absolute atomic E-state index is 0.315. The van der Waals surface area contributed by atoms with Crippen LogP contribution in [-0.4, -0.2) is 32.4 Å². The van der Waals surface area contributed by atoms with E-state index >= 15 is 0 Å². The standard InChI is InChI=1S/C18H15N5O3/c1-11(24)26-16-7-13-14(8-15(16)25-2)20-10-21-18(13)22-12-3-4-17-19-5-6-23(17)9-12/h3-10H,1-2H3,(H,20,21,22). The molecular weight excluding hydrogens is 334 g/mol. The topological polar surface area (TPSA) is 90.6 Å². The third-order valence-corrected chi connectivity index (χ3v) is 3.83. The molecule has 0 radical (unpaired) electrons. The van der Waals surface area contributed by atoms with Crippen molar-refractivity contribution in [2.45, 2.75) is 6.92 Å². The summed E-state index contributed by atoms with van der Waals surface area (Å²) in [6.07, 6.45) is 6.97. The lowest BCUT2D eigenvalue weighted by Gasteiger charge is -2.12. The Morgan fingerprint density at radius 1 is 1.15 bits per heavy atom. The number of hydrogen-bond acceptors (Lipinski definition) is 7. The van der Waals surface area contributed by atoms with Gasteiger partial charge in [0.25, 0.3) is 0 Å². The fraction of sp³-hybridized carbons (Fsp3) is 0.111. The van der Waals surface area contributed by atoms with Crippen LogP contribution in [0.1, 0.15) is 6.92 Å². The molecule has 0 fully saturated rings. The molecule has 3 heterocycles. The fourth-order valence-electron chi connectivity index (χ4n) is 2.69. The SMILES string of the molecule is COc1cc2ncnc(Nc3ccc4nccn4c3)c2cc1OC(C)=O. The number of nitrogens with zero attached hydrogens (tertiary/aromatic N) is 4. The number of esters is 1. The van der Waals surface area contributed by atoms with Crippen molar-refractivity contribution >= 4 is 34.0 Å². The lowest BCUT2D eigenvalue weighted by molar-refractivity contribution is -0.132. The Balaban J connectivity index is 1.79. The molecule has 0 saturated carbocycles. The van der Waals surface area contributed by atoms with Crippen molar-refractivity contribution in [1.82, 2.24) is 19.4 Å². The van der Waals surface area contributed by atoms with Gasteiger partial charge in [-0.1, -0.05) is 0 Å². The Morgan fingerprint density at radius 3 is 2.85 bits per heavy atom. The van der Waals surface area contributed by atoms with Crippen molar-refractivity contribution in [1.29, 1.82) is 0 Å². The summed E-state index contributed by atoms with van der Waals surface area (Å²) in [7, 11) is 1.51. The number of ether oxygens (including phenoxy) is 2. The van der Waals surface area contributed by atoms with Crippen LogP contribution in [0.15, 0.2) is 49.2 Å². The number of rotatable bonds is 4. The van der Waals surface area contributed by atoms with Crippen LogP contribution in [-0.2, 0) is 4.79 Å². The predicted octanol–water partition coefficient (Wildman–Crippen LogP) is 2.96. The van der Waals surface area contributed by atoms with Gasteiger partial charge in [0.15, 0.2) is 11.5 Å². The highest BCUT2D eigenvalue weighted by Crippen LogP contribution is 2.34. The van der Waals surface area contributed by atoms with Crippen LogP contribution in [0.3, 0.4) is 0 Å². The molecule has 0 aliphatic heterocycles. The summed E-state index contributed by atoms with van der Waals surface area (Å²) in [5.74, 6) is 0.901. The molecule has 130 valence electrons. The number of hydrogen-bond donors (Lipinski definition) is 1. The Bertz CT molecular complexity index is 1120. The molecule has 4 rings (SSSR count). The maximum atomic E-state index is 11.4. The molecule has 4 aromatic rings. The van der Waals surface area contributed by atoms with Gasteiger partial charge in [-0.15, -0.1) is 0 Å². The van der Waals surface area contributed by atoms with Crippen LogP contribution in [0.25, 0.3) is 16.6 Å². The summed E-state index contributed by atoms with van der Waals surface area (Å²) < 4.78 is 12.4. The summed E-state index contributed by atoms with van der Waals surface area (Å²) >= 11 is 0. The third kappa shape index (κ3) is 2.88. The molecule has 0 unspecified atom stereocenters. The predicted molar refractivity (Wildman–Crippen MR) is 95.9 cm³/mol. The minimum atomic E-state index is -0.431. The third-order valence-electron chi connectivity index (χ3n) is 3.83. The summed E-state index contributed by atoms with van der Waals surface area (Å²) in [4.78, 5) is 24.2. The lowest BCUT2D eigenvalue weighted by atomic mass is 10.2. The summed E-state index contributed by atoms with van der Waals surface area (Å²) in [5, 5.41) is 3.97. The smallest absolute Gasteiger partial charge is 0.308 e. The molecule has 26 heavy (non-hydrogen) atoms. The fourth-order valence-corrected chi connectivity index (χ4v) is 2.69. The molecule has 1 N–H and O–H groups in total. The largest absolute Gasteiger partial charge is 0.493 e. The van der Waals surface area contributed by atoms with E-state index in [0.29, 0.717) is 28.2 Å². The molecule has 1 aromatic carbocycles. The molecule has 8 heteroatoms.